The summed E-state index contributed by atoms with van der Waals surface area (Å²) in [6.45, 7) is 4.70. The van der Waals surface area contributed by atoms with Crippen molar-refractivity contribution in [2.24, 2.45) is 11.7 Å². The van der Waals surface area contributed by atoms with Crippen LogP contribution in [0.15, 0.2) is 48.5 Å². The van der Waals surface area contributed by atoms with E-state index in [9.17, 15) is 4.79 Å². The van der Waals surface area contributed by atoms with Gasteiger partial charge in [-0.15, -0.1) is 12.4 Å². The van der Waals surface area contributed by atoms with Crippen LogP contribution in [-0.2, 0) is 11.3 Å². The van der Waals surface area contributed by atoms with Gasteiger partial charge >= 0.3 is 0 Å². The minimum atomic E-state index is 0. The zero-order valence-electron chi connectivity index (χ0n) is 16.6. The Balaban J connectivity index is 0.00000240. The molecule has 1 aromatic heterocycles. The van der Waals surface area contributed by atoms with Crippen LogP contribution < -0.4 is 11.1 Å². The molecule has 0 aliphatic heterocycles. The summed E-state index contributed by atoms with van der Waals surface area (Å²) < 4.78 is 0. The highest BCUT2D eigenvalue weighted by molar-refractivity contribution is 5.95. The smallest absolute Gasteiger partial charge is 0.228 e. The van der Waals surface area contributed by atoms with Gasteiger partial charge in [0.25, 0.3) is 0 Å². The first-order valence-corrected chi connectivity index (χ1v) is 9.67. The van der Waals surface area contributed by atoms with Crippen molar-refractivity contribution in [3.05, 3.63) is 65.5 Å². The number of hydrogen-bond acceptors (Lipinski definition) is 4. The van der Waals surface area contributed by atoms with Crippen LogP contribution in [0.25, 0.3) is 11.4 Å². The number of aromatic nitrogens is 3. The number of carbonyl (C=O) groups excluding carboxylic acids is 1. The van der Waals surface area contributed by atoms with Gasteiger partial charge in [-0.25, -0.2) is 4.98 Å². The second kappa shape index (κ2) is 8.76. The molecule has 152 valence electrons. The molecule has 0 radical (unpaired) electrons. The van der Waals surface area contributed by atoms with E-state index >= 15 is 0 Å². The summed E-state index contributed by atoms with van der Waals surface area (Å²) in [5, 5.41) is 9.96. The number of halogens is 1. The number of anilines is 1. The summed E-state index contributed by atoms with van der Waals surface area (Å²) in [5.74, 6) is 2.22. The number of benzene rings is 2. The molecule has 4 rings (SSSR count). The molecule has 3 aromatic rings. The van der Waals surface area contributed by atoms with Gasteiger partial charge in [-0.05, 0) is 53.6 Å². The second-order valence-corrected chi connectivity index (χ2v) is 7.65. The fourth-order valence-corrected chi connectivity index (χ4v) is 3.43. The number of carbonyl (C=O) groups is 1. The molecule has 2 aromatic carbocycles. The van der Waals surface area contributed by atoms with Crippen LogP contribution in [0, 0.1) is 5.92 Å². The Labute approximate surface area is 176 Å². The van der Waals surface area contributed by atoms with Crippen molar-refractivity contribution in [1.82, 2.24) is 15.2 Å². The van der Waals surface area contributed by atoms with Gasteiger partial charge in [0.15, 0.2) is 5.82 Å². The van der Waals surface area contributed by atoms with Gasteiger partial charge in [0, 0.05) is 17.2 Å². The summed E-state index contributed by atoms with van der Waals surface area (Å²) in [6.07, 6.45) is 0.907. The number of H-pyrrole nitrogens is 1. The van der Waals surface area contributed by atoms with Gasteiger partial charge in [0.2, 0.25) is 5.91 Å². The fourth-order valence-electron chi connectivity index (χ4n) is 3.43. The molecule has 4 N–H and O–H groups in total. The standard InChI is InChI=1S/C22H25N5O.ClH/c1-13(2)14-3-5-15(6-4-14)18-11-19(18)22(28)24-17-9-7-16(8-10-17)21-25-20(12-23)26-27-21;/h3-10,13,18-19H,11-12,23H2,1-2H3,(H,24,28)(H,25,26,27);1H. The minimum absolute atomic E-state index is 0. The van der Waals surface area contributed by atoms with E-state index < -0.39 is 0 Å². The molecule has 0 saturated heterocycles. The zero-order valence-corrected chi connectivity index (χ0v) is 17.4. The van der Waals surface area contributed by atoms with E-state index in [0.717, 1.165) is 17.7 Å². The number of amides is 1. The lowest BCUT2D eigenvalue weighted by molar-refractivity contribution is -0.117. The Kier molecular flexibility index (Phi) is 6.35. The second-order valence-electron chi connectivity index (χ2n) is 7.65. The monoisotopic (exact) mass is 411 g/mol. The Hall–Kier alpha value is -2.70. The Bertz CT molecular complexity index is 966. The highest BCUT2D eigenvalue weighted by atomic mass is 35.5. The maximum absolute atomic E-state index is 12.6. The molecule has 1 aliphatic carbocycles. The summed E-state index contributed by atoms with van der Waals surface area (Å²) in [5.41, 5.74) is 9.79. The third kappa shape index (κ3) is 4.66. The quantitative estimate of drug-likeness (QED) is 0.565. The largest absolute Gasteiger partial charge is 0.326 e. The minimum Gasteiger partial charge on any atom is -0.326 e. The molecule has 1 heterocycles. The van der Waals surface area contributed by atoms with Crippen LogP contribution in [0.5, 0.6) is 0 Å². The summed E-state index contributed by atoms with van der Waals surface area (Å²) in [7, 11) is 0. The molecule has 0 spiro atoms. The van der Waals surface area contributed by atoms with E-state index in [1.807, 2.05) is 24.3 Å². The first-order chi connectivity index (χ1) is 13.5. The van der Waals surface area contributed by atoms with Crippen molar-refractivity contribution in [3.8, 4) is 11.4 Å². The lowest BCUT2D eigenvalue weighted by atomic mass is 10.00. The van der Waals surface area contributed by atoms with Crippen molar-refractivity contribution in [2.45, 2.75) is 38.6 Å². The van der Waals surface area contributed by atoms with Crippen LogP contribution in [0.2, 0.25) is 0 Å². The van der Waals surface area contributed by atoms with E-state index in [2.05, 4.69) is 58.6 Å². The van der Waals surface area contributed by atoms with E-state index in [1.165, 1.54) is 11.1 Å². The van der Waals surface area contributed by atoms with Crippen molar-refractivity contribution >= 4 is 24.0 Å². The molecule has 1 saturated carbocycles. The van der Waals surface area contributed by atoms with E-state index in [-0.39, 0.29) is 24.2 Å². The molecule has 7 heteroatoms. The van der Waals surface area contributed by atoms with E-state index in [0.29, 0.717) is 30.0 Å². The highest BCUT2D eigenvalue weighted by Gasteiger charge is 2.43. The average Bonchev–Trinajstić information content (AvgIpc) is 3.38. The van der Waals surface area contributed by atoms with Crippen LogP contribution in [0.3, 0.4) is 0 Å². The topological polar surface area (TPSA) is 96.7 Å². The highest BCUT2D eigenvalue weighted by Crippen LogP contribution is 2.48. The van der Waals surface area contributed by atoms with Crippen LogP contribution in [0.1, 0.15) is 49.1 Å². The number of aromatic amines is 1. The van der Waals surface area contributed by atoms with Crippen molar-refractivity contribution in [2.75, 3.05) is 5.32 Å². The van der Waals surface area contributed by atoms with Gasteiger partial charge < -0.3 is 11.1 Å². The fraction of sp³-hybridized carbons (Fsp3) is 0.318. The first-order valence-electron chi connectivity index (χ1n) is 9.67. The van der Waals surface area contributed by atoms with Crippen LogP contribution in [-0.4, -0.2) is 21.1 Å². The zero-order chi connectivity index (χ0) is 19.7. The van der Waals surface area contributed by atoms with Gasteiger partial charge in [-0.1, -0.05) is 38.1 Å². The van der Waals surface area contributed by atoms with E-state index in [4.69, 9.17) is 5.73 Å². The number of nitrogens with zero attached hydrogens (tertiary/aromatic N) is 2. The summed E-state index contributed by atoms with van der Waals surface area (Å²) >= 11 is 0. The van der Waals surface area contributed by atoms with Gasteiger partial charge in [0.05, 0.1) is 6.54 Å². The molecule has 1 fully saturated rings. The molecule has 0 bridgehead atoms. The maximum Gasteiger partial charge on any atom is 0.228 e. The third-order valence-electron chi connectivity index (χ3n) is 5.29. The third-order valence-corrected chi connectivity index (χ3v) is 5.29. The molecule has 1 aliphatic rings. The van der Waals surface area contributed by atoms with Crippen LogP contribution in [0.4, 0.5) is 5.69 Å². The maximum atomic E-state index is 12.6. The Morgan fingerprint density at radius 3 is 2.45 bits per heavy atom. The summed E-state index contributed by atoms with van der Waals surface area (Å²) in [4.78, 5) is 16.9. The average molecular weight is 412 g/mol. The molecule has 1 amide bonds. The molecule has 29 heavy (non-hydrogen) atoms. The number of nitrogens with two attached hydrogens (primary N) is 1. The predicted molar refractivity (Wildman–Crippen MR) is 117 cm³/mol. The van der Waals surface area contributed by atoms with Crippen molar-refractivity contribution in [3.63, 3.8) is 0 Å². The molecular formula is C22H26ClN5O. The Morgan fingerprint density at radius 1 is 1.17 bits per heavy atom. The van der Waals surface area contributed by atoms with Gasteiger partial charge in [-0.2, -0.15) is 5.10 Å². The van der Waals surface area contributed by atoms with Gasteiger partial charge in [-0.3, -0.25) is 9.89 Å². The molecule has 2 unspecified atom stereocenters. The van der Waals surface area contributed by atoms with Crippen LogP contribution >= 0.6 is 12.4 Å². The van der Waals surface area contributed by atoms with E-state index in [1.54, 1.807) is 0 Å². The SMILES string of the molecule is CC(C)c1ccc(C2CC2C(=O)Nc2ccc(-c3n[nH]c(CN)n3)cc2)cc1.Cl. The summed E-state index contributed by atoms with van der Waals surface area (Å²) in [6, 6.07) is 16.2. The number of nitrogens with one attached hydrogen (secondary N) is 2. The van der Waals surface area contributed by atoms with Crippen molar-refractivity contribution in [1.29, 1.82) is 0 Å². The molecule has 2 atom stereocenters. The Morgan fingerprint density at radius 2 is 1.86 bits per heavy atom. The number of hydrogen-bond donors (Lipinski definition) is 3. The normalized spacial score (nSPS) is 17.7. The number of rotatable bonds is 6. The molecule has 6 nitrogen and oxygen atoms in total. The van der Waals surface area contributed by atoms with Gasteiger partial charge in [0.1, 0.15) is 5.82 Å². The predicted octanol–water partition coefficient (Wildman–Crippen LogP) is 4.22. The van der Waals surface area contributed by atoms with Crippen molar-refractivity contribution < 1.29 is 4.79 Å². The molecular weight excluding hydrogens is 386 g/mol. The first kappa shape index (κ1) is 21.0. The lowest BCUT2D eigenvalue weighted by Gasteiger charge is -2.08. The lowest BCUT2D eigenvalue weighted by Crippen LogP contribution is -2.14.